The number of benzene rings is 1. The van der Waals surface area contributed by atoms with Gasteiger partial charge in [0.1, 0.15) is 0 Å². The number of H-pyrrole nitrogens is 1. The van der Waals surface area contributed by atoms with Gasteiger partial charge >= 0.3 is 0 Å². The third kappa shape index (κ3) is 3.17. The molecule has 130 valence electrons. The first-order chi connectivity index (χ1) is 12.2. The molecule has 0 atom stereocenters. The summed E-state index contributed by atoms with van der Waals surface area (Å²) in [7, 11) is 0. The molecule has 2 amide bonds. The number of rotatable bonds is 3. The van der Waals surface area contributed by atoms with Gasteiger partial charge in [0.05, 0.1) is 6.42 Å². The minimum atomic E-state index is -0.0453. The highest BCUT2D eigenvalue weighted by Crippen LogP contribution is 2.32. The van der Waals surface area contributed by atoms with Crippen LogP contribution in [0.5, 0.6) is 11.5 Å². The molecule has 7 heteroatoms. The molecule has 7 nitrogen and oxygen atoms in total. The molecule has 1 N–H and O–H groups in total. The van der Waals surface area contributed by atoms with Gasteiger partial charge in [0.2, 0.25) is 12.7 Å². The number of aromatic nitrogens is 1. The predicted molar refractivity (Wildman–Crippen MR) is 89.5 cm³/mol. The molecule has 0 spiro atoms. The molecule has 0 radical (unpaired) electrons. The second-order valence-corrected chi connectivity index (χ2v) is 6.14. The summed E-state index contributed by atoms with van der Waals surface area (Å²) in [5.41, 5.74) is 1.56. The molecule has 0 saturated carbocycles. The molecule has 25 heavy (non-hydrogen) atoms. The Balaban J connectivity index is 1.35. The van der Waals surface area contributed by atoms with Gasteiger partial charge in [0.15, 0.2) is 11.5 Å². The van der Waals surface area contributed by atoms with E-state index < -0.39 is 0 Å². The van der Waals surface area contributed by atoms with Crippen molar-refractivity contribution >= 4 is 11.8 Å². The number of carbonyl (C=O) groups excluding carboxylic acids is 2. The number of ether oxygens (including phenoxy) is 2. The number of amides is 2. The number of aromatic amines is 1. The first kappa shape index (κ1) is 15.6. The first-order valence-corrected chi connectivity index (χ1v) is 8.29. The normalized spacial score (nSPS) is 16.2. The van der Waals surface area contributed by atoms with Crippen LogP contribution in [0.3, 0.4) is 0 Å². The van der Waals surface area contributed by atoms with Gasteiger partial charge in [-0.3, -0.25) is 9.59 Å². The number of hydrogen-bond acceptors (Lipinski definition) is 4. The molecule has 2 aromatic rings. The number of nitrogens with one attached hydrogen (secondary N) is 1. The van der Waals surface area contributed by atoms with Crippen LogP contribution >= 0.6 is 0 Å². The number of carbonyl (C=O) groups is 2. The summed E-state index contributed by atoms with van der Waals surface area (Å²) < 4.78 is 10.6. The third-order valence-corrected chi connectivity index (χ3v) is 4.56. The molecule has 2 aliphatic rings. The second kappa shape index (κ2) is 6.51. The van der Waals surface area contributed by atoms with Crippen LogP contribution in [0.1, 0.15) is 15.9 Å². The van der Waals surface area contributed by atoms with Crippen molar-refractivity contribution in [2.75, 3.05) is 33.0 Å². The summed E-state index contributed by atoms with van der Waals surface area (Å²) in [6.45, 7) is 2.37. The predicted octanol–water partition coefficient (Wildman–Crippen LogP) is 1.27. The molecule has 0 bridgehead atoms. The molecule has 3 heterocycles. The second-order valence-electron chi connectivity index (χ2n) is 6.14. The molecule has 1 saturated heterocycles. The van der Waals surface area contributed by atoms with Gasteiger partial charge in [-0.1, -0.05) is 0 Å². The van der Waals surface area contributed by atoms with Crippen molar-refractivity contribution < 1.29 is 19.1 Å². The van der Waals surface area contributed by atoms with Gasteiger partial charge in [0, 0.05) is 44.1 Å². The lowest BCUT2D eigenvalue weighted by Crippen LogP contribution is -2.51. The standard InChI is InChI=1S/C18H19N3O4/c22-17(9-13-3-4-19-11-13)20-5-7-21(8-6-20)18(23)14-1-2-15-16(10-14)25-12-24-15/h1-4,10-11,19H,5-9,12H2. The third-order valence-electron chi connectivity index (χ3n) is 4.56. The van der Waals surface area contributed by atoms with Crippen LogP contribution in [0, 0.1) is 0 Å². The minimum Gasteiger partial charge on any atom is -0.454 e. The fraction of sp³-hybridized carbons (Fsp3) is 0.333. The zero-order chi connectivity index (χ0) is 17.2. The van der Waals surface area contributed by atoms with Crippen LogP contribution < -0.4 is 9.47 Å². The molecular formula is C18H19N3O4. The number of hydrogen-bond donors (Lipinski definition) is 1. The Labute approximate surface area is 145 Å². The van der Waals surface area contributed by atoms with E-state index in [0.717, 1.165) is 5.56 Å². The molecule has 4 rings (SSSR count). The van der Waals surface area contributed by atoms with E-state index >= 15 is 0 Å². The van der Waals surface area contributed by atoms with Crippen LogP contribution in [0.25, 0.3) is 0 Å². The quantitative estimate of drug-likeness (QED) is 0.912. The van der Waals surface area contributed by atoms with Crippen molar-refractivity contribution in [3.05, 3.63) is 47.8 Å². The first-order valence-electron chi connectivity index (χ1n) is 8.29. The molecule has 0 unspecified atom stereocenters. The molecule has 0 aliphatic carbocycles. The Hall–Kier alpha value is -2.96. The van der Waals surface area contributed by atoms with Crippen molar-refractivity contribution in [2.24, 2.45) is 0 Å². The summed E-state index contributed by atoms with van der Waals surface area (Å²) in [6, 6.07) is 7.12. The van der Waals surface area contributed by atoms with Gasteiger partial charge in [0.25, 0.3) is 5.91 Å². The average molecular weight is 341 g/mol. The molecule has 2 aliphatic heterocycles. The monoisotopic (exact) mass is 341 g/mol. The Morgan fingerprint density at radius 1 is 1.00 bits per heavy atom. The number of piperazine rings is 1. The van der Waals surface area contributed by atoms with E-state index in [9.17, 15) is 9.59 Å². The SMILES string of the molecule is O=C(Cc1cc[nH]c1)N1CCN(C(=O)c2ccc3c(c2)OCO3)CC1. The molecular weight excluding hydrogens is 322 g/mol. The highest BCUT2D eigenvalue weighted by atomic mass is 16.7. The Kier molecular flexibility index (Phi) is 4.05. The maximum atomic E-state index is 12.7. The van der Waals surface area contributed by atoms with Crippen molar-refractivity contribution in [3.8, 4) is 11.5 Å². The van der Waals surface area contributed by atoms with Crippen LogP contribution in [0.4, 0.5) is 0 Å². The van der Waals surface area contributed by atoms with Crippen molar-refractivity contribution in [1.29, 1.82) is 0 Å². The van der Waals surface area contributed by atoms with Crippen molar-refractivity contribution in [3.63, 3.8) is 0 Å². The zero-order valence-electron chi connectivity index (χ0n) is 13.7. The smallest absolute Gasteiger partial charge is 0.254 e. The summed E-state index contributed by atoms with van der Waals surface area (Å²) >= 11 is 0. The largest absolute Gasteiger partial charge is 0.454 e. The Morgan fingerprint density at radius 3 is 2.52 bits per heavy atom. The fourth-order valence-corrected chi connectivity index (χ4v) is 3.13. The Bertz CT molecular complexity index is 780. The van der Waals surface area contributed by atoms with Gasteiger partial charge < -0.3 is 24.3 Å². The summed E-state index contributed by atoms with van der Waals surface area (Å²) in [5, 5.41) is 0. The van der Waals surface area contributed by atoms with Crippen molar-refractivity contribution in [1.82, 2.24) is 14.8 Å². The highest BCUT2D eigenvalue weighted by molar-refractivity contribution is 5.95. The van der Waals surface area contributed by atoms with Crippen LogP contribution in [-0.2, 0) is 11.2 Å². The Morgan fingerprint density at radius 2 is 1.76 bits per heavy atom. The molecule has 1 aromatic heterocycles. The number of nitrogens with zero attached hydrogens (tertiary/aromatic N) is 2. The van der Waals surface area contributed by atoms with E-state index in [1.54, 1.807) is 23.1 Å². The van der Waals surface area contributed by atoms with E-state index in [1.807, 2.05) is 23.4 Å². The lowest BCUT2D eigenvalue weighted by molar-refractivity contribution is -0.131. The highest BCUT2D eigenvalue weighted by Gasteiger charge is 2.26. The summed E-state index contributed by atoms with van der Waals surface area (Å²) in [5.74, 6) is 1.31. The topological polar surface area (TPSA) is 74.9 Å². The van der Waals surface area contributed by atoms with Crippen LogP contribution in [0.2, 0.25) is 0 Å². The maximum Gasteiger partial charge on any atom is 0.254 e. The lowest BCUT2D eigenvalue weighted by Gasteiger charge is -2.34. The van der Waals surface area contributed by atoms with Gasteiger partial charge in [-0.25, -0.2) is 0 Å². The average Bonchev–Trinajstić information content (AvgIpc) is 3.32. The van der Waals surface area contributed by atoms with Gasteiger partial charge in [-0.15, -0.1) is 0 Å². The molecule has 1 aromatic carbocycles. The van der Waals surface area contributed by atoms with E-state index in [4.69, 9.17) is 9.47 Å². The fourth-order valence-electron chi connectivity index (χ4n) is 3.13. The van der Waals surface area contributed by atoms with Crippen molar-refractivity contribution in [2.45, 2.75) is 6.42 Å². The van der Waals surface area contributed by atoms with E-state index in [1.165, 1.54) is 0 Å². The van der Waals surface area contributed by atoms with Gasteiger partial charge in [-0.05, 0) is 29.8 Å². The van der Waals surface area contributed by atoms with E-state index in [-0.39, 0.29) is 18.6 Å². The summed E-state index contributed by atoms with van der Waals surface area (Å²) in [6.07, 6.45) is 4.03. The number of fused-ring (bicyclic) bond motifs is 1. The maximum absolute atomic E-state index is 12.7. The van der Waals surface area contributed by atoms with E-state index in [2.05, 4.69) is 4.98 Å². The lowest BCUT2D eigenvalue weighted by atomic mass is 10.1. The zero-order valence-corrected chi connectivity index (χ0v) is 13.7. The molecule has 1 fully saturated rings. The van der Waals surface area contributed by atoms with Crippen LogP contribution in [0.15, 0.2) is 36.7 Å². The van der Waals surface area contributed by atoms with E-state index in [0.29, 0.717) is 49.7 Å². The van der Waals surface area contributed by atoms with Gasteiger partial charge in [-0.2, -0.15) is 0 Å². The summed E-state index contributed by atoms with van der Waals surface area (Å²) in [4.78, 5) is 31.5. The minimum absolute atomic E-state index is 0.0453. The van der Waals surface area contributed by atoms with Crippen LogP contribution in [-0.4, -0.2) is 59.6 Å².